The molecule has 4 nitrogen and oxygen atoms in total. The molecule has 1 aromatic carbocycles. The van der Waals surface area contributed by atoms with Gasteiger partial charge in [0.25, 0.3) is 5.91 Å². The number of benzene rings is 1. The number of hydrogen-bond acceptors (Lipinski definition) is 4. The summed E-state index contributed by atoms with van der Waals surface area (Å²) in [7, 11) is 0. The average molecular weight is 340 g/mol. The molecule has 100 valence electrons. The highest BCUT2D eigenvalue weighted by Gasteiger charge is 2.13. The smallest absolute Gasteiger partial charge is 0.259 e. The SMILES string of the molecule is CCNc1ccc(C)cc1C(=O)Nc1ncc(Br)s1. The first-order valence-electron chi connectivity index (χ1n) is 5.87. The summed E-state index contributed by atoms with van der Waals surface area (Å²) >= 11 is 4.71. The molecule has 0 atom stereocenters. The van der Waals surface area contributed by atoms with Gasteiger partial charge in [-0.25, -0.2) is 4.98 Å². The predicted octanol–water partition coefficient (Wildman–Crippen LogP) is 3.90. The molecule has 0 aliphatic heterocycles. The predicted molar refractivity (Wildman–Crippen MR) is 83.1 cm³/mol. The van der Waals surface area contributed by atoms with E-state index in [1.54, 1.807) is 6.20 Å². The van der Waals surface area contributed by atoms with Gasteiger partial charge in [0.05, 0.1) is 15.5 Å². The maximum atomic E-state index is 12.3. The minimum absolute atomic E-state index is 0.151. The van der Waals surface area contributed by atoms with Gasteiger partial charge in [0.2, 0.25) is 0 Å². The molecule has 2 aromatic rings. The molecule has 2 rings (SSSR count). The van der Waals surface area contributed by atoms with Gasteiger partial charge in [0, 0.05) is 12.2 Å². The fourth-order valence-electron chi connectivity index (χ4n) is 1.67. The van der Waals surface area contributed by atoms with Crippen molar-refractivity contribution < 1.29 is 4.79 Å². The van der Waals surface area contributed by atoms with Gasteiger partial charge in [-0.3, -0.25) is 10.1 Å². The molecule has 0 aliphatic carbocycles. The molecule has 0 radical (unpaired) electrons. The first-order valence-corrected chi connectivity index (χ1v) is 7.48. The van der Waals surface area contributed by atoms with Crippen LogP contribution in [0.4, 0.5) is 10.8 Å². The Morgan fingerprint density at radius 3 is 2.89 bits per heavy atom. The van der Waals surface area contributed by atoms with Crippen molar-refractivity contribution >= 4 is 44.0 Å². The number of nitrogens with one attached hydrogen (secondary N) is 2. The molecule has 0 unspecified atom stereocenters. The monoisotopic (exact) mass is 339 g/mol. The third-order valence-corrected chi connectivity index (χ3v) is 3.88. The summed E-state index contributed by atoms with van der Waals surface area (Å²) in [6, 6.07) is 5.77. The van der Waals surface area contributed by atoms with Crippen LogP contribution >= 0.6 is 27.3 Å². The van der Waals surface area contributed by atoms with Crippen LogP contribution in [-0.4, -0.2) is 17.4 Å². The summed E-state index contributed by atoms with van der Waals surface area (Å²) in [6.07, 6.45) is 1.67. The lowest BCUT2D eigenvalue weighted by Crippen LogP contribution is -2.14. The second-order valence-corrected chi connectivity index (χ2v) is 6.41. The number of rotatable bonds is 4. The van der Waals surface area contributed by atoms with Crippen LogP contribution in [0, 0.1) is 6.92 Å². The van der Waals surface area contributed by atoms with E-state index in [9.17, 15) is 4.79 Å². The molecule has 19 heavy (non-hydrogen) atoms. The average Bonchev–Trinajstić information content (AvgIpc) is 2.77. The van der Waals surface area contributed by atoms with Crippen molar-refractivity contribution in [2.75, 3.05) is 17.2 Å². The number of thiazole rings is 1. The van der Waals surface area contributed by atoms with Crippen LogP contribution in [0.5, 0.6) is 0 Å². The molecule has 1 heterocycles. The van der Waals surface area contributed by atoms with Crippen molar-refractivity contribution in [2.24, 2.45) is 0 Å². The highest BCUT2D eigenvalue weighted by molar-refractivity contribution is 9.11. The molecule has 0 saturated heterocycles. The van der Waals surface area contributed by atoms with Gasteiger partial charge >= 0.3 is 0 Å². The van der Waals surface area contributed by atoms with Crippen molar-refractivity contribution in [3.05, 3.63) is 39.3 Å². The summed E-state index contributed by atoms with van der Waals surface area (Å²) < 4.78 is 0.888. The number of carbonyl (C=O) groups excluding carboxylic acids is 1. The number of aryl methyl sites for hydroxylation is 1. The minimum atomic E-state index is -0.151. The zero-order valence-corrected chi connectivity index (χ0v) is 13.1. The van der Waals surface area contributed by atoms with Crippen LogP contribution in [0.3, 0.4) is 0 Å². The van der Waals surface area contributed by atoms with E-state index in [4.69, 9.17) is 0 Å². The Kier molecular flexibility index (Phi) is 4.55. The fourth-order valence-corrected chi connectivity index (χ4v) is 2.77. The molecule has 6 heteroatoms. The largest absolute Gasteiger partial charge is 0.385 e. The molecule has 0 spiro atoms. The lowest BCUT2D eigenvalue weighted by Gasteiger charge is -2.10. The highest BCUT2D eigenvalue weighted by Crippen LogP contribution is 2.25. The van der Waals surface area contributed by atoms with Crippen molar-refractivity contribution in [1.29, 1.82) is 0 Å². The van der Waals surface area contributed by atoms with Crippen LogP contribution in [-0.2, 0) is 0 Å². The Morgan fingerprint density at radius 1 is 1.47 bits per heavy atom. The van der Waals surface area contributed by atoms with E-state index in [1.807, 2.05) is 32.0 Å². The lowest BCUT2D eigenvalue weighted by molar-refractivity contribution is 0.102. The number of amides is 1. The van der Waals surface area contributed by atoms with Crippen LogP contribution in [0.15, 0.2) is 28.2 Å². The summed E-state index contributed by atoms with van der Waals surface area (Å²) in [5, 5.41) is 6.58. The molecule has 1 aromatic heterocycles. The molecule has 1 amide bonds. The Labute approximate surface area is 124 Å². The molecular weight excluding hydrogens is 326 g/mol. The van der Waals surface area contributed by atoms with E-state index in [1.165, 1.54) is 11.3 Å². The van der Waals surface area contributed by atoms with E-state index < -0.39 is 0 Å². The molecular formula is C13H14BrN3OS. The van der Waals surface area contributed by atoms with Gasteiger partial charge in [-0.15, -0.1) is 0 Å². The Morgan fingerprint density at radius 2 is 2.26 bits per heavy atom. The van der Waals surface area contributed by atoms with Crippen molar-refractivity contribution in [2.45, 2.75) is 13.8 Å². The first kappa shape index (κ1) is 14.0. The van der Waals surface area contributed by atoms with Crippen LogP contribution in [0.25, 0.3) is 0 Å². The van der Waals surface area contributed by atoms with E-state index in [0.29, 0.717) is 10.7 Å². The van der Waals surface area contributed by atoms with Gasteiger partial charge in [0.1, 0.15) is 0 Å². The number of hydrogen-bond donors (Lipinski definition) is 2. The van der Waals surface area contributed by atoms with Gasteiger partial charge < -0.3 is 5.32 Å². The van der Waals surface area contributed by atoms with Crippen LogP contribution in [0.2, 0.25) is 0 Å². The Bertz CT molecular complexity index is 597. The van der Waals surface area contributed by atoms with E-state index in [2.05, 4.69) is 31.5 Å². The Hall–Kier alpha value is -1.40. The Balaban J connectivity index is 2.24. The maximum absolute atomic E-state index is 12.3. The molecule has 0 bridgehead atoms. The third-order valence-electron chi connectivity index (χ3n) is 2.48. The zero-order valence-electron chi connectivity index (χ0n) is 10.7. The van der Waals surface area contributed by atoms with Crippen molar-refractivity contribution in [1.82, 2.24) is 4.98 Å². The normalized spacial score (nSPS) is 10.3. The molecule has 0 aliphatic rings. The van der Waals surface area contributed by atoms with Gasteiger partial charge in [-0.05, 0) is 41.9 Å². The second kappa shape index (κ2) is 6.16. The summed E-state index contributed by atoms with van der Waals surface area (Å²) in [6.45, 7) is 4.73. The summed E-state index contributed by atoms with van der Waals surface area (Å²) in [5.41, 5.74) is 2.52. The van der Waals surface area contributed by atoms with Crippen LogP contribution < -0.4 is 10.6 Å². The highest BCUT2D eigenvalue weighted by atomic mass is 79.9. The zero-order chi connectivity index (χ0) is 13.8. The topological polar surface area (TPSA) is 54.0 Å². The van der Waals surface area contributed by atoms with Gasteiger partial charge in [0.15, 0.2) is 5.13 Å². The van der Waals surface area contributed by atoms with Gasteiger partial charge in [-0.2, -0.15) is 0 Å². The number of nitrogens with zero attached hydrogens (tertiary/aromatic N) is 1. The van der Waals surface area contributed by atoms with Crippen molar-refractivity contribution in [3.63, 3.8) is 0 Å². The number of aromatic nitrogens is 1. The molecule has 0 saturated carbocycles. The van der Waals surface area contributed by atoms with E-state index in [-0.39, 0.29) is 5.91 Å². The summed E-state index contributed by atoms with van der Waals surface area (Å²) in [4.78, 5) is 16.4. The second-order valence-electron chi connectivity index (χ2n) is 4.00. The molecule has 0 fully saturated rings. The number of anilines is 2. The van der Waals surface area contributed by atoms with E-state index in [0.717, 1.165) is 21.6 Å². The van der Waals surface area contributed by atoms with Crippen LogP contribution in [0.1, 0.15) is 22.8 Å². The standard InChI is InChI=1S/C13H14BrN3OS/c1-3-15-10-5-4-8(2)6-9(10)12(18)17-13-16-7-11(14)19-13/h4-7,15H,3H2,1-2H3,(H,16,17,18). The van der Waals surface area contributed by atoms with Crippen molar-refractivity contribution in [3.8, 4) is 0 Å². The van der Waals surface area contributed by atoms with Gasteiger partial charge in [-0.1, -0.05) is 23.0 Å². The molecule has 2 N–H and O–H groups in total. The third kappa shape index (κ3) is 3.54. The maximum Gasteiger partial charge on any atom is 0.259 e. The quantitative estimate of drug-likeness (QED) is 0.888. The number of carbonyl (C=O) groups is 1. The number of halogens is 1. The van der Waals surface area contributed by atoms with E-state index >= 15 is 0 Å². The summed E-state index contributed by atoms with van der Waals surface area (Å²) in [5.74, 6) is -0.151. The first-order chi connectivity index (χ1) is 9.10. The minimum Gasteiger partial charge on any atom is -0.385 e. The fraction of sp³-hybridized carbons (Fsp3) is 0.231. The lowest BCUT2D eigenvalue weighted by atomic mass is 10.1.